The van der Waals surface area contributed by atoms with Crippen LogP contribution in [0.25, 0.3) is 16.9 Å². The molecular formula is C23H29F3N8O. The Hall–Kier alpha value is -3.22. The number of ether oxygens (including phenoxy) is 1. The molecule has 12 heteroatoms. The minimum atomic E-state index is -4.65. The number of alkyl halides is 3. The summed E-state index contributed by atoms with van der Waals surface area (Å²) in [6, 6.07) is 2.76. The van der Waals surface area contributed by atoms with Crippen molar-refractivity contribution in [3.05, 3.63) is 48.4 Å². The number of likely N-dealkylation sites (N-methyl/N-ethyl adjacent to an activating group) is 1. The van der Waals surface area contributed by atoms with Crippen molar-refractivity contribution in [2.24, 2.45) is 0 Å². The lowest BCUT2D eigenvalue weighted by Crippen LogP contribution is -2.43. The zero-order valence-corrected chi connectivity index (χ0v) is 19.8. The van der Waals surface area contributed by atoms with E-state index in [1.54, 1.807) is 22.7 Å². The molecule has 0 unspecified atom stereocenters. The number of anilines is 2. The SMILES string of the molecule is C=CN(CCOC)c1nc(-c2cnc(N)cc2C(F)(F)F)nn2cc(CN3CCN(C)CC3)cc12. The molecule has 0 aliphatic carbocycles. The van der Waals surface area contributed by atoms with Gasteiger partial charge in [0.05, 0.1) is 17.7 Å². The summed E-state index contributed by atoms with van der Waals surface area (Å²) in [6.45, 7) is 9.18. The van der Waals surface area contributed by atoms with Crippen molar-refractivity contribution in [1.29, 1.82) is 0 Å². The molecule has 0 spiro atoms. The van der Waals surface area contributed by atoms with Gasteiger partial charge in [0.1, 0.15) is 11.3 Å². The Kier molecular flexibility index (Phi) is 7.24. The minimum Gasteiger partial charge on any atom is -0.384 e. The standard InChI is InChI=1S/C23H29F3N8O/c1-4-33(9-10-35-3)22-19-11-16(14-32-7-5-31(2)6-8-32)15-34(19)30-21(29-22)17-13-28-20(27)12-18(17)23(24,25)26/h4,11-13,15H,1,5-10,14H2,2-3H3,(H2,27,28). The number of piperazine rings is 1. The predicted molar refractivity (Wildman–Crippen MR) is 128 cm³/mol. The monoisotopic (exact) mass is 490 g/mol. The van der Waals surface area contributed by atoms with Crippen LogP contribution >= 0.6 is 0 Å². The molecule has 3 aromatic heterocycles. The summed E-state index contributed by atoms with van der Waals surface area (Å²) >= 11 is 0. The third-order valence-corrected chi connectivity index (χ3v) is 6.00. The maximum Gasteiger partial charge on any atom is 0.417 e. The van der Waals surface area contributed by atoms with E-state index in [4.69, 9.17) is 10.5 Å². The average Bonchev–Trinajstić information content (AvgIpc) is 3.22. The van der Waals surface area contributed by atoms with Gasteiger partial charge in [-0.25, -0.2) is 14.5 Å². The molecule has 0 atom stereocenters. The Morgan fingerprint density at radius 1 is 1.23 bits per heavy atom. The zero-order chi connectivity index (χ0) is 25.2. The molecule has 2 N–H and O–H groups in total. The number of methoxy groups -OCH3 is 1. The van der Waals surface area contributed by atoms with Gasteiger partial charge in [0, 0.05) is 58.8 Å². The third-order valence-electron chi connectivity index (χ3n) is 6.00. The quantitative estimate of drug-likeness (QED) is 0.516. The molecule has 0 amide bonds. The second-order valence-corrected chi connectivity index (χ2v) is 8.54. The van der Waals surface area contributed by atoms with Crippen LogP contribution in [0.1, 0.15) is 11.1 Å². The zero-order valence-electron chi connectivity index (χ0n) is 19.8. The van der Waals surface area contributed by atoms with Gasteiger partial charge in [0.2, 0.25) is 0 Å². The summed E-state index contributed by atoms with van der Waals surface area (Å²) in [7, 11) is 3.67. The molecule has 0 bridgehead atoms. The molecule has 9 nitrogen and oxygen atoms in total. The normalized spacial score (nSPS) is 15.6. The number of nitrogens with two attached hydrogens (primary N) is 1. The second kappa shape index (κ2) is 10.2. The number of hydrogen-bond acceptors (Lipinski definition) is 8. The highest BCUT2D eigenvalue weighted by atomic mass is 19.4. The van der Waals surface area contributed by atoms with Crippen LogP contribution in [0.4, 0.5) is 24.8 Å². The first-order valence-corrected chi connectivity index (χ1v) is 11.2. The number of nitrogen functional groups attached to an aromatic ring is 1. The fraction of sp³-hybridized carbons (Fsp3) is 0.435. The van der Waals surface area contributed by atoms with Gasteiger partial charge in [-0.15, -0.1) is 5.10 Å². The fourth-order valence-electron chi connectivity index (χ4n) is 4.07. The Labute approximate surface area is 201 Å². The van der Waals surface area contributed by atoms with Gasteiger partial charge in [-0.3, -0.25) is 4.90 Å². The molecule has 4 rings (SSSR count). The van der Waals surface area contributed by atoms with Crippen LogP contribution in [-0.4, -0.2) is 82.9 Å². The largest absolute Gasteiger partial charge is 0.417 e. The van der Waals surface area contributed by atoms with Crippen molar-refractivity contribution in [2.75, 3.05) is 64.1 Å². The first kappa shape index (κ1) is 24.9. The van der Waals surface area contributed by atoms with Gasteiger partial charge in [0.25, 0.3) is 0 Å². The summed E-state index contributed by atoms with van der Waals surface area (Å²) in [4.78, 5) is 14.8. The molecular weight excluding hydrogens is 461 g/mol. The van der Waals surface area contributed by atoms with E-state index >= 15 is 0 Å². The van der Waals surface area contributed by atoms with Crippen LogP contribution < -0.4 is 10.6 Å². The highest BCUT2D eigenvalue weighted by Crippen LogP contribution is 2.37. The maximum atomic E-state index is 13.8. The fourth-order valence-corrected chi connectivity index (χ4v) is 4.07. The Balaban J connectivity index is 1.81. The van der Waals surface area contributed by atoms with Crippen LogP contribution in [0.2, 0.25) is 0 Å². The Morgan fingerprint density at radius 3 is 2.63 bits per heavy atom. The number of aromatic nitrogens is 4. The van der Waals surface area contributed by atoms with Crippen LogP contribution in [-0.2, 0) is 17.5 Å². The molecule has 1 saturated heterocycles. The molecule has 0 radical (unpaired) electrons. The van der Waals surface area contributed by atoms with Crippen molar-refractivity contribution < 1.29 is 17.9 Å². The molecule has 0 aromatic carbocycles. The smallest absolute Gasteiger partial charge is 0.384 e. The van der Waals surface area contributed by atoms with Gasteiger partial charge >= 0.3 is 6.18 Å². The summed E-state index contributed by atoms with van der Waals surface area (Å²) < 4.78 is 48.2. The summed E-state index contributed by atoms with van der Waals surface area (Å²) in [6.07, 6.45) is -0.185. The first-order chi connectivity index (χ1) is 16.7. The number of nitrogens with zero attached hydrogens (tertiary/aromatic N) is 7. The third kappa shape index (κ3) is 5.55. The molecule has 4 heterocycles. The summed E-state index contributed by atoms with van der Waals surface area (Å²) in [5.74, 6) is 0.0839. The summed E-state index contributed by atoms with van der Waals surface area (Å²) in [5, 5.41) is 4.44. The topological polar surface area (TPSA) is 88.0 Å². The number of rotatable bonds is 8. The number of fused-ring (bicyclic) bond motifs is 1. The van der Waals surface area contributed by atoms with Gasteiger partial charge in [-0.05, 0) is 30.9 Å². The van der Waals surface area contributed by atoms with E-state index in [2.05, 4.69) is 38.5 Å². The molecule has 188 valence electrons. The number of halogens is 3. The van der Waals surface area contributed by atoms with E-state index in [1.807, 2.05) is 12.3 Å². The average molecular weight is 491 g/mol. The van der Waals surface area contributed by atoms with E-state index in [-0.39, 0.29) is 17.2 Å². The van der Waals surface area contributed by atoms with E-state index < -0.39 is 11.7 Å². The molecule has 3 aromatic rings. The van der Waals surface area contributed by atoms with Crippen molar-refractivity contribution in [1.82, 2.24) is 29.4 Å². The van der Waals surface area contributed by atoms with Crippen molar-refractivity contribution in [3.8, 4) is 11.4 Å². The van der Waals surface area contributed by atoms with E-state index in [9.17, 15) is 13.2 Å². The van der Waals surface area contributed by atoms with Crippen molar-refractivity contribution in [3.63, 3.8) is 0 Å². The summed E-state index contributed by atoms with van der Waals surface area (Å²) in [5.41, 5.74) is 6.00. The Bertz CT molecular complexity index is 1190. The highest BCUT2D eigenvalue weighted by Gasteiger charge is 2.35. The number of pyridine rings is 1. The first-order valence-electron chi connectivity index (χ1n) is 11.2. The lowest BCUT2D eigenvalue weighted by atomic mass is 10.1. The van der Waals surface area contributed by atoms with Gasteiger partial charge in [-0.2, -0.15) is 13.2 Å². The van der Waals surface area contributed by atoms with Crippen molar-refractivity contribution >= 4 is 17.2 Å². The Morgan fingerprint density at radius 2 is 1.97 bits per heavy atom. The number of hydrogen-bond donors (Lipinski definition) is 1. The van der Waals surface area contributed by atoms with Crippen LogP contribution in [0.5, 0.6) is 0 Å². The van der Waals surface area contributed by atoms with Gasteiger partial charge < -0.3 is 20.3 Å². The second-order valence-electron chi connectivity index (χ2n) is 8.54. The molecule has 1 aliphatic heterocycles. The molecule has 1 fully saturated rings. The van der Waals surface area contributed by atoms with E-state index in [0.717, 1.165) is 44.0 Å². The van der Waals surface area contributed by atoms with Crippen LogP contribution in [0.15, 0.2) is 37.3 Å². The highest BCUT2D eigenvalue weighted by molar-refractivity contribution is 5.74. The molecule has 0 saturated carbocycles. The predicted octanol–water partition coefficient (Wildman–Crippen LogP) is 2.74. The minimum absolute atomic E-state index is 0.113. The van der Waals surface area contributed by atoms with Gasteiger partial charge in [-0.1, -0.05) is 6.58 Å². The lowest BCUT2D eigenvalue weighted by Gasteiger charge is -2.32. The van der Waals surface area contributed by atoms with Crippen LogP contribution in [0, 0.1) is 0 Å². The van der Waals surface area contributed by atoms with Gasteiger partial charge in [0.15, 0.2) is 11.6 Å². The maximum absolute atomic E-state index is 13.8. The van der Waals surface area contributed by atoms with Crippen molar-refractivity contribution in [2.45, 2.75) is 12.7 Å². The lowest BCUT2D eigenvalue weighted by molar-refractivity contribution is -0.137. The van der Waals surface area contributed by atoms with E-state index in [0.29, 0.717) is 31.0 Å². The van der Waals surface area contributed by atoms with Crippen LogP contribution in [0.3, 0.4) is 0 Å². The van der Waals surface area contributed by atoms with E-state index in [1.165, 1.54) is 0 Å². The molecule has 35 heavy (non-hydrogen) atoms. The molecule has 1 aliphatic rings.